The molecule has 8 heteroatoms. The summed E-state index contributed by atoms with van der Waals surface area (Å²) in [5, 5.41) is 1.85. The Morgan fingerprint density at radius 1 is 1.71 bits per heavy atom. The van der Waals surface area contributed by atoms with E-state index in [9.17, 15) is 8.42 Å². The molecule has 0 aliphatic carbocycles. The first-order chi connectivity index (χ1) is 5.90. The van der Waals surface area contributed by atoms with Crippen molar-refractivity contribution in [2.24, 2.45) is 0 Å². The summed E-state index contributed by atoms with van der Waals surface area (Å²) in [5.41, 5.74) is 0.915. The van der Waals surface area contributed by atoms with Gasteiger partial charge in [-0.25, -0.2) is 0 Å². The Kier molecular flexibility index (Phi) is 6.83. The maximum absolute atomic E-state index is 10.5. The molecule has 1 heterocycles. The summed E-state index contributed by atoms with van der Waals surface area (Å²) in [6.45, 7) is 2.06. The van der Waals surface area contributed by atoms with Crippen LogP contribution in [0.3, 0.4) is 0 Å². The van der Waals surface area contributed by atoms with Crippen molar-refractivity contribution in [1.82, 2.24) is 4.57 Å². The number of hydrogen-bond donors (Lipinski definition) is 1. The number of aromatic nitrogens is 1. The molecule has 0 aliphatic rings. The SMILES string of the molecule is Cc1csc(=S)n1CCS(=O)(=O)O.[H-].[K+]. The number of nitrogens with zero attached hydrogens (tertiary/aromatic N) is 1. The second-order valence-corrected chi connectivity index (χ2v) is 5.66. The fraction of sp³-hybridized carbons (Fsp3) is 0.500. The van der Waals surface area contributed by atoms with Gasteiger partial charge in [-0.1, -0.05) is 0 Å². The summed E-state index contributed by atoms with van der Waals surface area (Å²) >= 11 is 6.35. The molecule has 0 spiro atoms. The number of thiazole rings is 1. The van der Waals surface area contributed by atoms with Gasteiger partial charge in [0.05, 0.1) is 5.75 Å². The van der Waals surface area contributed by atoms with Crippen molar-refractivity contribution >= 4 is 33.7 Å². The molecule has 4 nitrogen and oxygen atoms in total. The maximum Gasteiger partial charge on any atom is 1.00 e. The molecule has 1 rings (SSSR count). The van der Waals surface area contributed by atoms with Crippen molar-refractivity contribution < 1.29 is 65.8 Å². The van der Waals surface area contributed by atoms with Crippen molar-refractivity contribution in [3.05, 3.63) is 15.0 Å². The molecule has 0 bridgehead atoms. The van der Waals surface area contributed by atoms with E-state index >= 15 is 0 Å². The molecule has 0 atom stereocenters. The fourth-order valence-corrected chi connectivity index (χ4v) is 2.44. The summed E-state index contributed by atoms with van der Waals surface area (Å²) in [7, 11) is -3.90. The third kappa shape index (κ3) is 4.95. The molecular weight excluding hydrogens is 269 g/mol. The second kappa shape index (κ2) is 6.21. The van der Waals surface area contributed by atoms with Crippen LogP contribution in [0.25, 0.3) is 0 Å². The van der Waals surface area contributed by atoms with Gasteiger partial charge in [0.15, 0.2) is 3.95 Å². The van der Waals surface area contributed by atoms with Crippen LogP contribution >= 0.6 is 23.6 Å². The van der Waals surface area contributed by atoms with Gasteiger partial charge in [0.25, 0.3) is 10.1 Å². The summed E-state index contributed by atoms with van der Waals surface area (Å²) < 4.78 is 31.8. The van der Waals surface area contributed by atoms with Gasteiger partial charge in [0, 0.05) is 17.6 Å². The molecule has 0 aliphatic heterocycles. The first-order valence-electron chi connectivity index (χ1n) is 3.50. The van der Waals surface area contributed by atoms with E-state index in [2.05, 4.69) is 0 Å². The monoisotopic (exact) mass is 279 g/mol. The zero-order valence-corrected chi connectivity index (χ0v) is 13.5. The second-order valence-electron chi connectivity index (χ2n) is 2.58. The average Bonchev–Trinajstić information content (AvgIpc) is 2.27. The van der Waals surface area contributed by atoms with Crippen molar-refractivity contribution in [3.63, 3.8) is 0 Å². The molecule has 0 amide bonds. The van der Waals surface area contributed by atoms with Gasteiger partial charge in [-0.2, -0.15) is 8.42 Å². The van der Waals surface area contributed by atoms with Gasteiger partial charge >= 0.3 is 51.4 Å². The molecule has 0 unspecified atom stereocenters. The topological polar surface area (TPSA) is 59.3 Å². The summed E-state index contributed by atoms with van der Waals surface area (Å²) in [5.74, 6) is -0.293. The molecule has 0 fully saturated rings. The van der Waals surface area contributed by atoms with Crippen LogP contribution in [0.2, 0.25) is 0 Å². The number of hydrogen-bond acceptors (Lipinski definition) is 4. The van der Waals surface area contributed by atoms with Crippen LogP contribution in [0.1, 0.15) is 7.12 Å². The van der Waals surface area contributed by atoms with E-state index in [0.29, 0.717) is 3.95 Å². The standard InChI is InChI=1S/C6H9NO3S3.K.H/c1-5-4-12-6(11)7(5)2-3-13(8,9)10;;/h4H,2-3H2,1H3,(H,8,9,10);;/q;+1;-1. The minimum Gasteiger partial charge on any atom is -1.00 e. The average molecular weight is 279 g/mol. The van der Waals surface area contributed by atoms with E-state index in [1.54, 1.807) is 4.57 Å². The molecule has 0 radical (unpaired) electrons. The van der Waals surface area contributed by atoms with Gasteiger partial charge in [0.2, 0.25) is 0 Å². The quantitative estimate of drug-likeness (QED) is 0.420. The van der Waals surface area contributed by atoms with E-state index in [-0.39, 0.29) is 65.1 Å². The van der Waals surface area contributed by atoms with Gasteiger partial charge in [-0.15, -0.1) is 11.3 Å². The molecule has 14 heavy (non-hydrogen) atoms. The van der Waals surface area contributed by atoms with E-state index in [1.807, 2.05) is 12.3 Å². The van der Waals surface area contributed by atoms with Crippen LogP contribution in [-0.4, -0.2) is 23.3 Å². The molecule has 0 saturated heterocycles. The zero-order chi connectivity index (χ0) is 10.1. The third-order valence-electron chi connectivity index (χ3n) is 1.55. The van der Waals surface area contributed by atoms with Crippen LogP contribution in [0.5, 0.6) is 0 Å². The first kappa shape index (κ1) is 15.4. The van der Waals surface area contributed by atoms with Crippen molar-refractivity contribution in [2.45, 2.75) is 13.5 Å². The summed E-state index contributed by atoms with van der Waals surface area (Å²) in [4.78, 5) is 0. The molecule has 0 aromatic carbocycles. The molecule has 1 aromatic rings. The first-order valence-corrected chi connectivity index (χ1v) is 6.40. The molecular formula is C6H10KNO3S3. The smallest absolute Gasteiger partial charge is 1.00 e. The zero-order valence-electron chi connectivity index (χ0n) is 8.93. The van der Waals surface area contributed by atoms with E-state index < -0.39 is 10.1 Å². The van der Waals surface area contributed by atoms with Gasteiger partial charge < -0.3 is 5.99 Å². The predicted octanol–water partition coefficient (Wildman–Crippen LogP) is -1.41. The molecule has 0 saturated carbocycles. The summed E-state index contributed by atoms with van der Waals surface area (Å²) in [6.07, 6.45) is 0. The van der Waals surface area contributed by atoms with Crippen LogP contribution < -0.4 is 51.4 Å². The van der Waals surface area contributed by atoms with Crippen molar-refractivity contribution in [1.29, 1.82) is 0 Å². The Balaban J connectivity index is 0. The summed E-state index contributed by atoms with van der Waals surface area (Å²) in [6, 6.07) is 0. The van der Waals surface area contributed by atoms with Gasteiger partial charge in [-0.05, 0) is 19.1 Å². The maximum atomic E-state index is 10.5. The minimum absolute atomic E-state index is 0. The normalized spacial score (nSPS) is 11.0. The minimum atomic E-state index is -3.90. The molecule has 76 valence electrons. The van der Waals surface area contributed by atoms with E-state index in [1.165, 1.54) is 11.3 Å². The van der Waals surface area contributed by atoms with Crippen LogP contribution in [-0.2, 0) is 16.7 Å². The van der Waals surface area contributed by atoms with Crippen LogP contribution in [0.15, 0.2) is 5.38 Å². The molecule has 1 N–H and O–H groups in total. The van der Waals surface area contributed by atoms with Gasteiger partial charge in [-0.3, -0.25) is 4.55 Å². The fourth-order valence-electron chi connectivity index (χ4n) is 0.881. The Hall–Kier alpha value is 1.40. The predicted molar refractivity (Wildman–Crippen MR) is 55.4 cm³/mol. The van der Waals surface area contributed by atoms with Crippen molar-refractivity contribution in [3.8, 4) is 0 Å². The van der Waals surface area contributed by atoms with Crippen molar-refractivity contribution in [2.75, 3.05) is 5.75 Å². The Morgan fingerprint density at radius 2 is 2.29 bits per heavy atom. The Labute approximate surface area is 136 Å². The van der Waals surface area contributed by atoms with Gasteiger partial charge in [0.1, 0.15) is 0 Å². The Morgan fingerprint density at radius 3 is 2.64 bits per heavy atom. The van der Waals surface area contributed by atoms with E-state index in [4.69, 9.17) is 16.8 Å². The number of rotatable bonds is 3. The van der Waals surface area contributed by atoms with Crippen LogP contribution in [0, 0.1) is 10.9 Å². The molecule has 1 aromatic heterocycles. The number of aryl methyl sites for hydroxylation is 1. The van der Waals surface area contributed by atoms with E-state index in [0.717, 1.165) is 5.69 Å². The largest absolute Gasteiger partial charge is 1.00 e. The third-order valence-corrected chi connectivity index (χ3v) is 3.64. The van der Waals surface area contributed by atoms with Crippen LogP contribution in [0.4, 0.5) is 0 Å². The Bertz CT molecular complexity index is 452.